The van der Waals surface area contributed by atoms with Crippen LogP contribution >= 0.6 is 11.6 Å². The molecule has 128 valence electrons. The Labute approximate surface area is 150 Å². The van der Waals surface area contributed by atoms with Gasteiger partial charge in [0.1, 0.15) is 0 Å². The Bertz CT molecular complexity index is 681. The molecule has 24 heavy (non-hydrogen) atoms. The second-order valence-electron chi connectivity index (χ2n) is 5.41. The summed E-state index contributed by atoms with van der Waals surface area (Å²) in [5.74, 6) is 0.412. The highest BCUT2D eigenvalue weighted by atomic mass is 35.5. The summed E-state index contributed by atoms with van der Waals surface area (Å²) in [7, 11) is -1.000. The molecule has 0 fully saturated rings. The number of carbonyl (C=O) groups is 1. The number of carbonyl (C=O) groups excluding carboxylic acids is 1. The first-order valence-corrected chi connectivity index (χ1v) is 9.65. The lowest BCUT2D eigenvalue weighted by atomic mass is 10.1. The van der Waals surface area contributed by atoms with E-state index in [4.69, 9.17) is 16.3 Å². The summed E-state index contributed by atoms with van der Waals surface area (Å²) in [6, 6.07) is 15.1. The quantitative estimate of drug-likeness (QED) is 0.660. The first kappa shape index (κ1) is 18.7. The maximum absolute atomic E-state index is 12.2. The lowest BCUT2D eigenvalue weighted by Crippen LogP contribution is -2.07. The van der Waals surface area contributed by atoms with Crippen LogP contribution in [0.4, 0.5) is 0 Å². The maximum Gasteiger partial charge on any atom is 0.310 e. The van der Waals surface area contributed by atoms with Crippen LogP contribution in [0.3, 0.4) is 0 Å². The highest BCUT2D eigenvalue weighted by molar-refractivity contribution is 7.85. The van der Waals surface area contributed by atoms with Crippen LogP contribution in [0.15, 0.2) is 53.4 Å². The average Bonchev–Trinajstić information content (AvgIpc) is 2.57. The minimum atomic E-state index is -1.000. The molecule has 0 radical (unpaired) electrons. The predicted molar refractivity (Wildman–Crippen MR) is 97.8 cm³/mol. The van der Waals surface area contributed by atoms with Crippen LogP contribution in [0.1, 0.15) is 24.5 Å². The lowest BCUT2D eigenvalue weighted by Gasteiger charge is -2.05. The summed E-state index contributed by atoms with van der Waals surface area (Å²) in [5, 5.41) is 0.652. The van der Waals surface area contributed by atoms with Crippen LogP contribution in [-0.4, -0.2) is 22.5 Å². The monoisotopic (exact) mass is 364 g/mol. The summed E-state index contributed by atoms with van der Waals surface area (Å²) in [5.41, 5.74) is 2.12. The van der Waals surface area contributed by atoms with Gasteiger partial charge in [-0.15, -0.1) is 0 Å². The number of hydrogen-bond donors (Lipinski definition) is 0. The highest BCUT2D eigenvalue weighted by Gasteiger charge is 2.06. The van der Waals surface area contributed by atoms with E-state index in [0.717, 1.165) is 23.3 Å². The fourth-order valence-corrected chi connectivity index (χ4v) is 3.52. The van der Waals surface area contributed by atoms with Crippen LogP contribution in [-0.2, 0) is 33.2 Å². The molecule has 1 atom stereocenters. The molecule has 2 rings (SSSR count). The first-order valence-electron chi connectivity index (χ1n) is 7.96. The fourth-order valence-electron chi connectivity index (χ4n) is 2.31. The SMILES string of the molecule is CCOC(=O)Cc1ccc(CCCS(=O)c2ccc(Cl)cc2)cc1. The number of esters is 1. The van der Waals surface area contributed by atoms with Gasteiger partial charge in [-0.25, -0.2) is 0 Å². The Morgan fingerprint density at radius 2 is 1.67 bits per heavy atom. The third kappa shape index (κ3) is 6.10. The fraction of sp³-hybridized carbons (Fsp3) is 0.316. The van der Waals surface area contributed by atoms with Crippen LogP contribution in [0.5, 0.6) is 0 Å². The molecule has 0 aliphatic rings. The molecule has 1 unspecified atom stereocenters. The minimum absolute atomic E-state index is 0.205. The van der Waals surface area contributed by atoms with E-state index in [-0.39, 0.29) is 5.97 Å². The van der Waals surface area contributed by atoms with Gasteiger partial charge in [-0.3, -0.25) is 9.00 Å². The molecule has 0 aromatic heterocycles. The number of benzene rings is 2. The zero-order chi connectivity index (χ0) is 17.4. The number of ether oxygens (including phenoxy) is 1. The van der Waals surface area contributed by atoms with Gasteiger partial charge in [0.05, 0.1) is 23.8 Å². The lowest BCUT2D eigenvalue weighted by molar-refractivity contribution is -0.142. The second kappa shape index (κ2) is 9.60. The smallest absolute Gasteiger partial charge is 0.310 e. The maximum atomic E-state index is 12.2. The van der Waals surface area contributed by atoms with Crippen molar-refractivity contribution in [3.8, 4) is 0 Å². The van der Waals surface area contributed by atoms with Gasteiger partial charge in [-0.1, -0.05) is 35.9 Å². The number of hydrogen-bond acceptors (Lipinski definition) is 3. The van der Waals surface area contributed by atoms with Gasteiger partial charge in [0, 0.05) is 15.7 Å². The summed E-state index contributed by atoms with van der Waals surface area (Å²) in [6.45, 7) is 2.21. The Hall–Kier alpha value is -1.65. The van der Waals surface area contributed by atoms with E-state index < -0.39 is 10.8 Å². The van der Waals surface area contributed by atoms with Crippen LogP contribution in [0.2, 0.25) is 5.02 Å². The minimum Gasteiger partial charge on any atom is -0.466 e. The standard InChI is InChI=1S/C19H21ClO3S/c1-2-23-19(21)14-16-7-5-15(6-8-16)4-3-13-24(22)18-11-9-17(20)10-12-18/h5-12H,2-4,13-14H2,1H3. The van der Waals surface area contributed by atoms with Crippen molar-refractivity contribution in [1.29, 1.82) is 0 Å². The molecule has 0 aliphatic carbocycles. The first-order chi connectivity index (χ1) is 11.6. The van der Waals surface area contributed by atoms with Crippen molar-refractivity contribution in [2.24, 2.45) is 0 Å². The van der Waals surface area contributed by atoms with Crippen molar-refractivity contribution in [2.45, 2.75) is 31.1 Å². The van der Waals surface area contributed by atoms with Crippen molar-refractivity contribution in [3.05, 3.63) is 64.7 Å². The van der Waals surface area contributed by atoms with Gasteiger partial charge in [0.2, 0.25) is 0 Å². The van der Waals surface area contributed by atoms with E-state index in [9.17, 15) is 9.00 Å². The van der Waals surface area contributed by atoms with Gasteiger partial charge in [-0.2, -0.15) is 0 Å². The van der Waals surface area contributed by atoms with E-state index in [1.807, 2.05) is 36.4 Å². The molecular weight excluding hydrogens is 344 g/mol. The zero-order valence-electron chi connectivity index (χ0n) is 13.7. The zero-order valence-corrected chi connectivity index (χ0v) is 15.2. The summed E-state index contributed by atoms with van der Waals surface area (Å²) < 4.78 is 17.1. The molecule has 0 saturated carbocycles. The molecule has 0 spiro atoms. The van der Waals surface area contributed by atoms with Crippen molar-refractivity contribution in [1.82, 2.24) is 0 Å². The number of aryl methyl sites for hydroxylation is 1. The molecular formula is C19H21ClO3S. The average molecular weight is 365 g/mol. The summed E-state index contributed by atoms with van der Waals surface area (Å²) in [6.07, 6.45) is 2.00. The van der Waals surface area contributed by atoms with Crippen LogP contribution < -0.4 is 0 Å². The Kier molecular flexibility index (Phi) is 7.47. The second-order valence-corrected chi connectivity index (χ2v) is 7.41. The normalized spacial score (nSPS) is 11.9. The van der Waals surface area contributed by atoms with Crippen molar-refractivity contribution >= 4 is 28.4 Å². The Morgan fingerprint density at radius 3 is 2.29 bits per heavy atom. The number of rotatable bonds is 8. The number of halogens is 1. The van der Waals surface area contributed by atoms with Crippen LogP contribution in [0, 0.1) is 0 Å². The highest BCUT2D eigenvalue weighted by Crippen LogP contribution is 2.14. The molecule has 0 saturated heterocycles. The largest absolute Gasteiger partial charge is 0.466 e. The topological polar surface area (TPSA) is 43.4 Å². The summed E-state index contributed by atoms with van der Waals surface area (Å²) >= 11 is 5.83. The molecule has 2 aromatic rings. The molecule has 2 aromatic carbocycles. The molecule has 3 nitrogen and oxygen atoms in total. The van der Waals surface area contributed by atoms with E-state index >= 15 is 0 Å². The molecule has 0 heterocycles. The van der Waals surface area contributed by atoms with E-state index in [2.05, 4.69) is 0 Å². The van der Waals surface area contributed by atoms with Gasteiger partial charge in [0.25, 0.3) is 0 Å². The third-order valence-electron chi connectivity index (χ3n) is 3.55. The molecule has 0 N–H and O–H groups in total. The Balaban J connectivity index is 1.79. The van der Waals surface area contributed by atoms with Gasteiger partial charge < -0.3 is 4.74 Å². The van der Waals surface area contributed by atoms with Crippen LogP contribution in [0.25, 0.3) is 0 Å². The Morgan fingerprint density at radius 1 is 1.04 bits per heavy atom. The van der Waals surface area contributed by atoms with Gasteiger partial charge in [0.15, 0.2) is 0 Å². The van der Waals surface area contributed by atoms with E-state index in [1.54, 1.807) is 19.1 Å². The third-order valence-corrected chi connectivity index (χ3v) is 5.26. The molecule has 0 aliphatic heterocycles. The van der Waals surface area contributed by atoms with E-state index in [0.29, 0.717) is 23.8 Å². The van der Waals surface area contributed by atoms with Gasteiger partial charge in [-0.05, 0) is 55.2 Å². The molecule has 5 heteroatoms. The van der Waals surface area contributed by atoms with Gasteiger partial charge >= 0.3 is 5.97 Å². The summed E-state index contributed by atoms with van der Waals surface area (Å²) in [4.78, 5) is 12.2. The van der Waals surface area contributed by atoms with Crippen molar-refractivity contribution in [3.63, 3.8) is 0 Å². The molecule has 0 bridgehead atoms. The molecule has 0 amide bonds. The van der Waals surface area contributed by atoms with E-state index in [1.165, 1.54) is 5.56 Å². The van der Waals surface area contributed by atoms with Crippen molar-refractivity contribution < 1.29 is 13.7 Å². The van der Waals surface area contributed by atoms with Crippen molar-refractivity contribution in [2.75, 3.05) is 12.4 Å². The predicted octanol–water partition coefficient (Wildman–Crippen LogP) is 4.19.